The van der Waals surface area contributed by atoms with Crippen LogP contribution < -0.4 is 0 Å². The van der Waals surface area contributed by atoms with E-state index < -0.39 is 5.54 Å². The lowest BCUT2D eigenvalue weighted by molar-refractivity contribution is -0.131. The molecule has 2 heterocycles. The fourth-order valence-electron chi connectivity index (χ4n) is 3.00. The summed E-state index contributed by atoms with van der Waals surface area (Å²) < 4.78 is 5.57. The van der Waals surface area contributed by atoms with E-state index in [1.807, 2.05) is 0 Å². The third-order valence-electron chi connectivity index (χ3n) is 4.56. The van der Waals surface area contributed by atoms with Crippen LogP contribution in [0.3, 0.4) is 0 Å². The highest BCUT2D eigenvalue weighted by molar-refractivity contribution is 7.99. The summed E-state index contributed by atoms with van der Waals surface area (Å²) in [5.74, 6) is 0.460. The first kappa shape index (κ1) is 17.4. The molecule has 0 saturated heterocycles. The Morgan fingerprint density at radius 1 is 1.32 bits per heavy atom. The van der Waals surface area contributed by atoms with Gasteiger partial charge in [0.2, 0.25) is 11.8 Å². The number of thioether (sulfide) groups is 1. The highest BCUT2D eigenvalue weighted by atomic mass is 32.2. The van der Waals surface area contributed by atoms with E-state index in [1.54, 1.807) is 36.5 Å². The molecule has 1 aliphatic rings. The first-order valence-electron chi connectivity index (χ1n) is 8.19. The van der Waals surface area contributed by atoms with Crippen LogP contribution in [-0.4, -0.2) is 44.3 Å². The summed E-state index contributed by atoms with van der Waals surface area (Å²) in [6, 6.07) is 5.92. The largest absolute Gasteiger partial charge is 0.411 e. The van der Waals surface area contributed by atoms with Crippen molar-refractivity contribution in [2.24, 2.45) is 0 Å². The second-order valence-electron chi connectivity index (χ2n) is 6.05. The topological polar surface area (TPSA) is 95.9 Å². The molecular weight excluding hydrogens is 338 g/mol. The van der Waals surface area contributed by atoms with Gasteiger partial charge in [0.05, 0.1) is 11.8 Å². The number of carbonyl (C=O) groups is 1. The molecule has 130 valence electrons. The van der Waals surface area contributed by atoms with E-state index in [4.69, 9.17) is 4.42 Å². The summed E-state index contributed by atoms with van der Waals surface area (Å²) in [6.07, 6.45) is 7.87. The maximum Gasteiger partial charge on any atom is 0.277 e. The molecule has 25 heavy (non-hydrogen) atoms. The van der Waals surface area contributed by atoms with Gasteiger partial charge < -0.3 is 9.32 Å². The molecule has 1 fully saturated rings. The number of carbonyl (C=O) groups excluding carboxylic acids is 1. The lowest BCUT2D eigenvalue weighted by Crippen LogP contribution is -2.50. The van der Waals surface area contributed by atoms with Crippen molar-refractivity contribution in [3.05, 3.63) is 24.5 Å². The molecule has 0 radical (unpaired) electrons. The van der Waals surface area contributed by atoms with Gasteiger partial charge in [0, 0.05) is 25.0 Å². The molecule has 1 aliphatic carbocycles. The highest BCUT2D eigenvalue weighted by Gasteiger charge is 2.38. The first-order valence-corrected chi connectivity index (χ1v) is 9.18. The van der Waals surface area contributed by atoms with Gasteiger partial charge in [-0.1, -0.05) is 31.0 Å². The van der Waals surface area contributed by atoms with Crippen LogP contribution in [0.5, 0.6) is 0 Å². The van der Waals surface area contributed by atoms with Crippen LogP contribution in [-0.2, 0) is 4.79 Å². The van der Waals surface area contributed by atoms with Gasteiger partial charge in [-0.05, 0) is 25.0 Å². The monoisotopic (exact) mass is 357 g/mol. The smallest absolute Gasteiger partial charge is 0.277 e. The molecule has 0 aromatic carbocycles. The zero-order valence-corrected chi connectivity index (χ0v) is 14.8. The van der Waals surface area contributed by atoms with Crippen LogP contribution in [0, 0.1) is 11.3 Å². The number of nitrogens with zero attached hydrogens (tertiary/aromatic N) is 5. The van der Waals surface area contributed by atoms with Gasteiger partial charge in [0.25, 0.3) is 5.22 Å². The lowest BCUT2D eigenvalue weighted by atomic mass is 9.81. The zero-order valence-electron chi connectivity index (χ0n) is 14.0. The fourth-order valence-corrected chi connectivity index (χ4v) is 3.67. The number of aromatic nitrogens is 3. The SMILES string of the molecule is CN(C(=O)CSc1nnc(-c2ccncc2)o1)C1(C#N)CCCCC1. The average Bonchev–Trinajstić information content (AvgIpc) is 3.16. The van der Waals surface area contributed by atoms with Gasteiger partial charge in [-0.15, -0.1) is 10.2 Å². The predicted molar refractivity (Wildman–Crippen MR) is 92.5 cm³/mol. The molecule has 0 bridgehead atoms. The molecule has 3 rings (SSSR count). The van der Waals surface area contributed by atoms with Crippen LogP contribution in [0.25, 0.3) is 11.5 Å². The summed E-state index contributed by atoms with van der Waals surface area (Å²) in [5.41, 5.74) is 0.107. The molecule has 2 aromatic heterocycles. The summed E-state index contributed by atoms with van der Waals surface area (Å²) in [5, 5.41) is 17.9. The van der Waals surface area contributed by atoms with Gasteiger partial charge in [-0.25, -0.2) is 0 Å². The molecule has 0 spiro atoms. The van der Waals surface area contributed by atoms with Crippen LogP contribution >= 0.6 is 11.8 Å². The molecular formula is C17H19N5O2S. The molecule has 0 unspecified atom stereocenters. The Morgan fingerprint density at radius 2 is 2.04 bits per heavy atom. The van der Waals surface area contributed by atoms with E-state index in [9.17, 15) is 10.1 Å². The molecule has 0 atom stereocenters. The molecule has 0 aliphatic heterocycles. The molecule has 1 saturated carbocycles. The van der Waals surface area contributed by atoms with Crippen LogP contribution in [0.4, 0.5) is 0 Å². The minimum absolute atomic E-state index is 0.0999. The van der Waals surface area contributed by atoms with Crippen molar-refractivity contribution in [2.45, 2.75) is 42.9 Å². The van der Waals surface area contributed by atoms with E-state index in [1.165, 1.54) is 11.8 Å². The standard InChI is InChI=1S/C17H19N5O2S/c1-22(17(12-18)7-3-2-4-8-17)14(23)11-25-16-21-20-15(24-16)13-5-9-19-10-6-13/h5-6,9-10H,2-4,7-8,11H2,1H3. The number of pyridine rings is 1. The lowest BCUT2D eigenvalue weighted by Gasteiger charge is -2.38. The van der Waals surface area contributed by atoms with Gasteiger partial charge >= 0.3 is 0 Å². The van der Waals surface area contributed by atoms with Gasteiger partial charge in [0.1, 0.15) is 5.54 Å². The van der Waals surface area contributed by atoms with Crippen LogP contribution in [0.1, 0.15) is 32.1 Å². The van der Waals surface area contributed by atoms with Crippen LogP contribution in [0.15, 0.2) is 34.2 Å². The Balaban J connectivity index is 1.61. The first-order chi connectivity index (χ1) is 12.1. The van der Waals surface area contributed by atoms with E-state index in [0.717, 1.165) is 37.7 Å². The number of nitriles is 1. The van der Waals surface area contributed by atoms with Crippen molar-refractivity contribution in [3.63, 3.8) is 0 Å². The number of hydrogen-bond donors (Lipinski definition) is 0. The number of amides is 1. The molecule has 7 nitrogen and oxygen atoms in total. The third-order valence-corrected chi connectivity index (χ3v) is 5.36. The van der Waals surface area contributed by atoms with E-state index in [0.29, 0.717) is 11.1 Å². The minimum Gasteiger partial charge on any atom is -0.411 e. The summed E-state index contributed by atoms with van der Waals surface area (Å²) in [4.78, 5) is 18.1. The number of hydrogen-bond acceptors (Lipinski definition) is 7. The highest BCUT2D eigenvalue weighted by Crippen LogP contribution is 2.33. The predicted octanol–water partition coefficient (Wildman–Crippen LogP) is 2.91. The van der Waals surface area contributed by atoms with Crippen molar-refractivity contribution < 1.29 is 9.21 Å². The molecule has 1 amide bonds. The third kappa shape index (κ3) is 3.82. The van der Waals surface area contributed by atoms with E-state index in [-0.39, 0.29) is 11.7 Å². The Kier molecular flexibility index (Phi) is 5.34. The normalized spacial score (nSPS) is 16.2. The van der Waals surface area contributed by atoms with Gasteiger partial charge in [-0.2, -0.15) is 5.26 Å². The van der Waals surface area contributed by atoms with Crippen molar-refractivity contribution in [2.75, 3.05) is 12.8 Å². The quantitative estimate of drug-likeness (QED) is 0.759. The molecule has 0 N–H and O–H groups in total. The zero-order chi connectivity index (χ0) is 17.7. The van der Waals surface area contributed by atoms with Crippen molar-refractivity contribution in [1.29, 1.82) is 5.26 Å². The summed E-state index contributed by atoms with van der Waals surface area (Å²) in [7, 11) is 1.72. The molecule has 2 aromatic rings. The van der Waals surface area contributed by atoms with Gasteiger partial charge in [0.15, 0.2) is 0 Å². The Bertz CT molecular complexity index is 765. The summed E-state index contributed by atoms with van der Waals surface area (Å²) >= 11 is 1.19. The Morgan fingerprint density at radius 3 is 2.72 bits per heavy atom. The van der Waals surface area contributed by atoms with E-state index >= 15 is 0 Å². The van der Waals surface area contributed by atoms with Crippen LogP contribution in [0.2, 0.25) is 0 Å². The summed E-state index contributed by atoms with van der Waals surface area (Å²) in [6.45, 7) is 0. The van der Waals surface area contributed by atoms with Gasteiger partial charge in [-0.3, -0.25) is 9.78 Å². The Hall–Kier alpha value is -2.40. The van der Waals surface area contributed by atoms with Crippen molar-refractivity contribution >= 4 is 17.7 Å². The fraction of sp³-hybridized carbons (Fsp3) is 0.471. The Labute approximate surface area is 150 Å². The molecule has 8 heteroatoms. The minimum atomic E-state index is -0.674. The van der Waals surface area contributed by atoms with Crippen molar-refractivity contribution in [3.8, 4) is 17.5 Å². The maximum atomic E-state index is 12.5. The van der Waals surface area contributed by atoms with E-state index in [2.05, 4.69) is 21.3 Å². The second-order valence-corrected chi connectivity index (χ2v) is 6.98. The average molecular weight is 357 g/mol. The second kappa shape index (κ2) is 7.66. The maximum absolute atomic E-state index is 12.5. The van der Waals surface area contributed by atoms with Crippen molar-refractivity contribution in [1.82, 2.24) is 20.1 Å². The number of rotatable bonds is 5.